The van der Waals surface area contributed by atoms with Crippen molar-refractivity contribution in [3.8, 4) is 10.4 Å². The normalized spacial score (nSPS) is 19.4. The Morgan fingerprint density at radius 3 is 2.73 bits per heavy atom. The van der Waals surface area contributed by atoms with E-state index in [0.29, 0.717) is 5.92 Å². The Balaban J connectivity index is 1.81. The zero-order chi connectivity index (χ0) is 15.7. The Labute approximate surface area is 135 Å². The summed E-state index contributed by atoms with van der Waals surface area (Å²) in [5.41, 5.74) is 10.9. The van der Waals surface area contributed by atoms with Crippen LogP contribution < -0.4 is 5.73 Å². The van der Waals surface area contributed by atoms with E-state index < -0.39 is 0 Å². The summed E-state index contributed by atoms with van der Waals surface area (Å²) in [5, 5.41) is 0. The summed E-state index contributed by atoms with van der Waals surface area (Å²) in [5.74, 6) is 0.298. The van der Waals surface area contributed by atoms with E-state index in [0.717, 1.165) is 25.1 Å². The molecule has 3 rings (SSSR count). The smallest absolute Gasteiger partial charge is 0.315 e. The van der Waals surface area contributed by atoms with Gasteiger partial charge >= 0.3 is 6.03 Å². The van der Waals surface area contributed by atoms with Crippen LogP contribution in [0.25, 0.3) is 10.4 Å². The number of urea groups is 1. The molecule has 4 nitrogen and oxygen atoms in total. The molecular formula is C17H21N3OS. The molecule has 1 aromatic heterocycles. The Morgan fingerprint density at radius 1 is 1.41 bits per heavy atom. The lowest BCUT2D eigenvalue weighted by Gasteiger charge is -2.28. The Kier molecular flexibility index (Phi) is 4.16. The summed E-state index contributed by atoms with van der Waals surface area (Å²) in [6.07, 6.45) is 2.07. The van der Waals surface area contributed by atoms with Gasteiger partial charge in [-0.3, -0.25) is 0 Å². The van der Waals surface area contributed by atoms with Gasteiger partial charge in [-0.15, -0.1) is 11.3 Å². The van der Waals surface area contributed by atoms with Crippen molar-refractivity contribution in [1.82, 2.24) is 9.88 Å². The van der Waals surface area contributed by atoms with Crippen molar-refractivity contribution in [2.75, 3.05) is 6.54 Å². The minimum atomic E-state index is -0.300. The minimum Gasteiger partial charge on any atom is -0.351 e. The number of nitrogens with two attached hydrogens (primary N) is 1. The molecule has 1 aromatic carbocycles. The quantitative estimate of drug-likeness (QED) is 0.937. The number of carbonyl (C=O) groups excluding carboxylic acids is 1. The summed E-state index contributed by atoms with van der Waals surface area (Å²) in [6.45, 7) is 4.99. The Bertz CT molecular complexity index is 665. The molecule has 1 aliphatic heterocycles. The SMILES string of the molecule is Cc1ncsc1-c1ccc([C@H](C)C2CCCN2C(N)=O)cc1. The van der Waals surface area contributed by atoms with Crippen molar-refractivity contribution >= 4 is 17.4 Å². The third-order valence-corrected chi connectivity index (χ3v) is 5.58. The van der Waals surface area contributed by atoms with Gasteiger partial charge in [0.1, 0.15) is 0 Å². The molecule has 2 N–H and O–H groups in total. The largest absolute Gasteiger partial charge is 0.351 e. The van der Waals surface area contributed by atoms with Gasteiger partial charge in [0, 0.05) is 18.5 Å². The highest BCUT2D eigenvalue weighted by Crippen LogP contribution is 2.33. The number of amides is 2. The van der Waals surface area contributed by atoms with Crippen molar-refractivity contribution in [3.63, 3.8) is 0 Å². The molecule has 0 bridgehead atoms. The van der Waals surface area contributed by atoms with Crippen molar-refractivity contribution < 1.29 is 4.79 Å². The van der Waals surface area contributed by atoms with Crippen LogP contribution in [0, 0.1) is 6.92 Å². The number of primary amides is 1. The highest BCUT2D eigenvalue weighted by Gasteiger charge is 2.32. The number of hydrogen-bond donors (Lipinski definition) is 1. The van der Waals surface area contributed by atoms with Crippen LogP contribution in [0.4, 0.5) is 4.79 Å². The Morgan fingerprint density at radius 2 is 2.14 bits per heavy atom. The second kappa shape index (κ2) is 6.08. The maximum Gasteiger partial charge on any atom is 0.315 e. The molecule has 2 heterocycles. The summed E-state index contributed by atoms with van der Waals surface area (Å²) in [4.78, 5) is 18.9. The highest BCUT2D eigenvalue weighted by molar-refractivity contribution is 7.13. The molecule has 1 aliphatic rings. The maximum atomic E-state index is 11.5. The van der Waals surface area contributed by atoms with E-state index in [1.165, 1.54) is 16.0 Å². The van der Waals surface area contributed by atoms with Gasteiger partial charge in [-0.2, -0.15) is 0 Å². The average molecular weight is 315 g/mol. The van der Waals surface area contributed by atoms with Gasteiger partial charge in [0.05, 0.1) is 16.1 Å². The van der Waals surface area contributed by atoms with E-state index in [1.54, 1.807) is 11.3 Å². The topological polar surface area (TPSA) is 59.2 Å². The standard InChI is InChI=1S/C17H21N3OS/c1-11(15-4-3-9-20(15)17(18)21)13-5-7-14(8-6-13)16-12(2)19-10-22-16/h5-8,10-11,15H,3-4,9H2,1-2H3,(H2,18,21)/t11-,15?/m0/s1. The van der Waals surface area contributed by atoms with Crippen molar-refractivity contribution in [1.29, 1.82) is 0 Å². The molecule has 0 spiro atoms. The molecule has 0 aliphatic carbocycles. The van der Waals surface area contributed by atoms with E-state index in [9.17, 15) is 4.79 Å². The zero-order valence-electron chi connectivity index (χ0n) is 13.0. The van der Waals surface area contributed by atoms with E-state index in [-0.39, 0.29) is 12.1 Å². The van der Waals surface area contributed by atoms with Crippen molar-refractivity contribution in [3.05, 3.63) is 41.0 Å². The predicted molar refractivity (Wildman–Crippen MR) is 90.0 cm³/mol. The molecule has 2 aromatic rings. The third-order valence-electron chi connectivity index (χ3n) is 4.60. The third kappa shape index (κ3) is 2.73. The average Bonchev–Trinajstić information content (AvgIpc) is 3.15. The zero-order valence-corrected chi connectivity index (χ0v) is 13.8. The van der Waals surface area contributed by atoms with Crippen LogP contribution >= 0.6 is 11.3 Å². The second-order valence-electron chi connectivity index (χ2n) is 5.92. The fraction of sp³-hybridized carbons (Fsp3) is 0.412. The molecule has 116 valence electrons. The molecule has 0 radical (unpaired) electrons. The van der Waals surface area contributed by atoms with Crippen LogP contribution in [0.5, 0.6) is 0 Å². The van der Waals surface area contributed by atoms with Crippen LogP contribution in [0.2, 0.25) is 0 Å². The Hall–Kier alpha value is -1.88. The van der Waals surface area contributed by atoms with E-state index >= 15 is 0 Å². The lowest BCUT2D eigenvalue weighted by atomic mass is 9.91. The van der Waals surface area contributed by atoms with E-state index in [1.807, 2.05) is 17.3 Å². The van der Waals surface area contributed by atoms with Gasteiger partial charge in [0.2, 0.25) is 0 Å². The van der Waals surface area contributed by atoms with E-state index in [2.05, 4.69) is 36.2 Å². The number of thiazole rings is 1. The van der Waals surface area contributed by atoms with Crippen LogP contribution in [-0.4, -0.2) is 28.5 Å². The minimum absolute atomic E-state index is 0.216. The molecule has 2 amide bonds. The van der Waals surface area contributed by atoms with Crippen LogP contribution in [0.3, 0.4) is 0 Å². The van der Waals surface area contributed by atoms with Gasteiger partial charge in [-0.1, -0.05) is 31.2 Å². The number of benzene rings is 1. The molecule has 22 heavy (non-hydrogen) atoms. The highest BCUT2D eigenvalue weighted by atomic mass is 32.1. The number of nitrogens with zero attached hydrogens (tertiary/aromatic N) is 2. The summed E-state index contributed by atoms with van der Waals surface area (Å²) < 4.78 is 0. The molecule has 1 fully saturated rings. The number of aryl methyl sites for hydroxylation is 1. The number of likely N-dealkylation sites (tertiary alicyclic amines) is 1. The van der Waals surface area contributed by atoms with E-state index in [4.69, 9.17) is 5.73 Å². The fourth-order valence-corrected chi connectivity index (χ4v) is 4.14. The number of aromatic nitrogens is 1. The monoisotopic (exact) mass is 315 g/mol. The van der Waals surface area contributed by atoms with Crippen molar-refractivity contribution in [2.45, 2.75) is 38.6 Å². The molecule has 0 saturated carbocycles. The molecular weight excluding hydrogens is 294 g/mol. The first-order valence-corrected chi connectivity index (χ1v) is 8.52. The number of carbonyl (C=O) groups is 1. The van der Waals surface area contributed by atoms with Gasteiger partial charge in [-0.25, -0.2) is 9.78 Å². The number of hydrogen-bond acceptors (Lipinski definition) is 3. The molecule has 2 atom stereocenters. The maximum absolute atomic E-state index is 11.5. The number of rotatable bonds is 3. The van der Waals surface area contributed by atoms with Gasteiger partial charge in [-0.05, 0) is 30.9 Å². The van der Waals surface area contributed by atoms with Gasteiger partial charge in [0.25, 0.3) is 0 Å². The summed E-state index contributed by atoms with van der Waals surface area (Å²) in [6, 6.07) is 8.54. The van der Waals surface area contributed by atoms with Crippen LogP contribution in [0.15, 0.2) is 29.8 Å². The van der Waals surface area contributed by atoms with Crippen LogP contribution in [0.1, 0.15) is 36.9 Å². The predicted octanol–water partition coefficient (Wildman–Crippen LogP) is 3.77. The molecule has 5 heteroatoms. The second-order valence-corrected chi connectivity index (χ2v) is 6.77. The molecule has 1 unspecified atom stereocenters. The first kappa shape index (κ1) is 15.0. The first-order valence-electron chi connectivity index (χ1n) is 7.64. The lowest BCUT2D eigenvalue weighted by Crippen LogP contribution is -2.41. The summed E-state index contributed by atoms with van der Waals surface area (Å²) >= 11 is 1.67. The van der Waals surface area contributed by atoms with Crippen LogP contribution in [-0.2, 0) is 0 Å². The lowest BCUT2D eigenvalue weighted by molar-refractivity contribution is 0.196. The van der Waals surface area contributed by atoms with Gasteiger partial charge in [0.15, 0.2) is 0 Å². The fourth-order valence-electron chi connectivity index (χ4n) is 3.33. The summed E-state index contributed by atoms with van der Waals surface area (Å²) in [7, 11) is 0. The van der Waals surface area contributed by atoms with Gasteiger partial charge < -0.3 is 10.6 Å². The molecule has 1 saturated heterocycles. The van der Waals surface area contributed by atoms with Crippen molar-refractivity contribution in [2.24, 2.45) is 5.73 Å². The first-order chi connectivity index (χ1) is 10.6.